The van der Waals surface area contributed by atoms with E-state index in [2.05, 4.69) is 0 Å². The van der Waals surface area contributed by atoms with Gasteiger partial charge in [0.1, 0.15) is 5.60 Å². The molecular weight excluding hydrogens is 350 g/mol. The summed E-state index contributed by atoms with van der Waals surface area (Å²) in [4.78, 5) is 14.2. The van der Waals surface area contributed by atoms with E-state index in [-0.39, 0.29) is 11.8 Å². The van der Waals surface area contributed by atoms with E-state index in [0.717, 1.165) is 24.8 Å². The first-order valence-electron chi connectivity index (χ1n) is 9.34. The quantitative estimate of drug-likeness (QED) is 0.767. The Bertz CT molecular complexity index is 696. The molecule has 0 bridgehead atoms. The van der Waals surface area contributed by atoms with Gasteiger partial charge in [0, 0.05) is 13.1 Å². The van der Waals surface area contributed by atoms with E-state index in [0.29, 0.717) is 30.3 Å². The standard InChI is InChI=1S/C20H31NO4S/c1-16-7-9-18(10-8-16)26(23,24)15-5-6-17-11-13-21(14-12-17)19(22)25-20(2,3)4/h7-10,17H,5-6,11-15H2,1-4H3. The molecule has 1 saturated heterocycles. The van der Waals surface area contributed by atoms with Crippen LogP contribution < -0.4 is 0 Å². The number of hydrogen-bond acceptors (Lipinski definition) is 4. The Morgan fingerprint density at radius 1 is 1.15 bits per heavy atom. The Hall–Kier alpha value is -1.56. The number of sulfone groups is 1. The summed E-state index contributed by atoms with van der Waals surface area (Å²) in [6, 6.07) is 7.03. The van der Waals surface area contributed by atoms with Gasteiger partial charge in [-0.2, -0.15) is 0 Å². The van der Waals surface area contributed by atoms with Gasteiger partial charge in [-0.1, -0.05) is 17.7 Å². The topological polar surface area (TPSA) is 63.7 Å². The monoisotopic (exact) mass is 381 g/mol. The molecular formula is C20H31NO4S. The molecule has 6 heteroatoms. The second-order valence-electron chi connectivity index (χ2n) is 8.18. The lowest BCUT2D eigenvalue weighted by molar-refractivity contribution is 0.0181. The molecule has 1 aromatic rings. The molecule has 0 saturated carbocycles. The third-order valence-electron chi connectivity index (χ3n) is 4.67. The lowest BCUT2D eigenvalue weighted by atomic mass is 9.93. The summed E-state index contributed by atoms with van der Waals surface area (Å²) in [5, 5.41) is 0. The molecule has 1 heterocycles. The number of amides is 1. The molecule has 0 unspecified atom stereocenters. The first-order valence-corrected chi connectivity index (χ1v) is 11.0. The number of benzene rings is 1. The highest BCUT2D eigenvalue weighted by molar-refractivity contribution is 7.91. The second kappa shape index (κ2) is 8.42. The SMILES string of the molecule is Cc1ccc(S(=O)(=O)CCCC2CCN(C(=O)OC(C)(C)C)CC2)cc1. The number of aryl methyl sites for hydroxylation is 1. The maximum Gasteiger partial charge on any atom is 0.410 e. The minimum Gasteiger partial charge on any atom is -0.444 e. The smallest absolute Gasteiger partial charge is 0.410 e. The largest absolute Gasteiger partial charge is 0.444 e. The number of rotatable bonds is 5. The normalized spacial score (nSPS) is 16.5. The first kappa shape index (κ1) is 20.7. The van der Waals surface area contributed by atoms with Crippen LogP contribution in [0.15, 0.2) is 29.2 Å². The molecule has 1 fully saturated rings. The molecule has 5 nitrogen and oxygen atoms in total. The van der Waals surface area contributed by atoms with Crippen LogP contribution in [0, 0.1) is 12.8 Å². The third-order valence-corrected chi connectivity index (χ3v) is 6.49. The van der Waals surface area contributed by atoms with Crippen LogP contribution in [-0.2, 0) is 14.6 Å². The molecule has 1 aromatic carbocycles. The first-order chi connectivity index (χ1) is 12.1. The minimum atomic E-state index is -3.21. The Morgan fingerprint density at radius 3 is 2.27 bits per heavy atom. The van der Waals surface area contributed by atoms with E-state index in [1.54, 1.807) is 17.0 Å². The molecule has 26 heavy (non-hydrogen) atoms. The minimum absolute atomic E-state index is 0.183. The molecule has 0 N–H and O–H groups in total. The van der Waals surface area contributed by atoms with Gasteiger partial charge in [0.2, 0.25) is 0 Å². The van der Waals surface area contributed by atoms with Crippen LogP contribution in [0.4, 0.5) is 4.79 Å². The maximum absolute atomic E-state index is 12.4. The summed E-state index contributed by atoms with van der Waals surface area (Å²) < 4.78 is 30.2. The molecule has 0 atom stereocenters. The van der Waals surface area contributed by atoms with Crippen molar-refractivity contribution in [2.45, 2.75) is 63.9 Å². The zero-order valence-electron chi connectivity index (χ0n) is 16.3. The van der Waals surface area contributed by atoms with Crippen molar-refractivity contribution in [2.75, 3.05) is 18.8 Å². The van der Waals surface area contributed by atoms with Gasteiger partial charge < -0.3 is 9.64 Å². The number of likely N-dealkylation sites (tertiary alicyclic amines) is 1. The number of carbonyl (C=O) groups excluding carboxylic acids is 1. The van der Waals surface area contributed by atoms with Gasteiger partial charge in [-0.3, -0.25) is 0 Å². The fourth-order valence-corrected chi connectivity index (χ4v) is 4.49. The predicted octanol–water partition coefficient (Wildman–Crippen LogP) is 4.20. The lowest BCUT2D eigenvalue weighted by Gasteiger charge is -2.33. The molecule has 2 rings (SSSR count). The van der Waals surface area contributed by atoms with E-state index in [1.807, 2.05) is 39.8 Å². The fraction of sp³-hybridized carbons (Fsp3) is 0.650. The van der Waals surface area contributed by atoms with Gasteiger partial charge >= 0.3 is 6.09 Å². The number of piperidine rings is 1. The highest BCUT2D eigenvalue weighted by Crippen LogP contribution is 2.24. The van der Waals surface area contributed by atoms with Gasteiger partial charge in [-0.05, 0) is 71.4 Å². The molecule has 1 aliphatic rings. The van der Waals surface area contributed by atoms with E-state index < -0.39 is 15.4 Å². The van der Waals surface area contributed by atoms with E-state index in [1.165, 1.54) is 0 Å². The van der Waals surface area contributed by atoms with Crippen LogP contribution in [0.3, 0.4) is 0 Å². The van der Waals surface area contributed by atoms with Gasteiger partial charge in [0.15, 0.2) is 9.84 Å². The van der Waals surface area contributed by atoms with Crippen LogP contribution in [0.1, 0.15) is 52.0 Å². The second-order valence-corrected chi connectivity index (χ2v) is 10.3. The summed E-state index contributed by atoms with van der Waals surface area (Å²) >= 11 is 0. The Kier molecular flexibility index (Phi) is 6.72. The molecule has 146 valence electrons. The van der Waals surface area contributed by atoms with E-state index in [9.17, 15) is 13.2 Å². The zero-order chi connectivity index (χ0) is 19.4. The maximum atomic E-state index is 12.4. The van der Waals surface area contributed by atoms with Gasteiger partial charge in [0.05, 0.1) is 10.6 Å². The van der Waals surface area contributed by atoms with Gasteiger partial charge in [0.25, 0.3) is 0 Å². The molecule has 0 spiro atoms. The Balaban J connectivity index is 1.75. The van der Waals surface area contributed by atoms with Crippen LogP contribution in [-0.4, -0.2) is 43.9 Å². The van der Waals surface area contributed by atoms with Crippen molar-refractivity contribution in [3.8, 4) is 0 Å². The summed E-state index contributed by atoms with van der Waals surface area (Å²) in [5.41, 5.74) is 0.582. The van der Waals surface area contributed by atoms with Gasteiger partial charge in [-0.25, -0.2) is 13.2 Å². The highest BCUT2D eigenvalue weighted by atomic mass is 32.2. The zero-order valence-corrected chi connectivity index (χ0v) is 17.1. The van der Waals surface area contributed by atoms with Crippen LogP contribution in [0.5, 0.6) is 0 Å². The molecule has 0 aromatic heterocycles. The summed E-state index contributed by atoms with van der Waals surface area (Å²) in [7, 11) is -3.21. The number of nitrogens with zero attached hydrogens (tertiary/aromatic N) is 1. The number of ether oxygens (including phenoxy) is 1. The van der Waals surface area contributed by atoms with Crippen molar-refractivity contribution < 1.29 is 17.9 Å². The highest BCUT2D eigenvalue weighted by Gasteiger charge is 2.27. The predicted molar refractivity (Wildman–Crippen MR) is 103 cm³/mol. The molecule has 1 amide bonds. The fourth-order valence-electron chi connectivity index (χ4n) is 3.16. The number of hydrogen-bond donors (Lipinski definition) is 0. The summed E-state index contributed by atoms with van der Waals surface area (Å²) in [6.07, 6.45) is 3.10. The van der Waals surface area contributed by atoms with Crippen molar-refractivity contribution in [1.29, 1.82) is 0 Å². The summed E-state index contributed by atoms with van der Waals surface area (Å²) in [6.45, 7) is 8.92. The van der Waals surface area contributed by atoms with E-state index in [4.69, 9.17) is 4.74 Å². The molecule has 0 aliphatic carbocycles. The van der Waals surface area contributed by atoms with Gasteiger partial charge in [-0.15, -0.1) is 0 Å². The Morgan fingerprint density at radius 2 is 1.73 bits per heavy atom. The van der Waals surface area contributed by atoms with Crippen molar-refractivity contribution in [3.05, 3.63) is 29.8 Å². The average Bonchev–Trinajstić information content (AvgIpc) is 2.54. The van der Waals surface area contributed by atoms with Crippen molar-refractivity contribution >= 4 is 15.9 Å². The van der Waals surface area contributed by atoms with Crippen molar-refractivity contribution in [1.82, 2.24) is 4.90 Å². The van der Waals surface area contributed by atoms with Crippen LogP contribution in [0.25, 0.3) is 0 Å². The van der Waals surface area contributed by atoms with Crippen molar-refractivity contribution in [2.24, 2.45) is 5.92 Å². The molecule has 1 aliphatic heterocycles. The summed E-state index contributed by atoms with van der Waals surface area (Å²) in [5.74, 6) is 0.657. The average molecular weight is 382 g/mol. The van der Waals surface area contributed by atoms with Crippen LogP contribution in [0.2, 0.25) is 0 Å². The van der Waals surface area contributed by atoms with Crippen LogP contribution >= 0.6 is 0 Å². The number of carbonyl (C=O) groups is 1. The van der Waals surface area contributed by atoms with E-state index >= 15 is 0 Å². The molecule has 0 radical (unpaired) electrons. The third kappa shape index (κ3) is 6.31. The lowest BCUT2D eigenvalue weighted by Crippen LogP contribution is -2.41. The Labute approximate surface area is 157 Å². The van der Waals surface area contributed by atoms with Crippen molar-refractivity contribution in [3.63, 3.8) is 0 Å².